The monoisotopic (exact) mass is 228 g/mol. The van der Waals surface area contributed by atoms with Crippen molar-refractivity contribution in [2.75, 3.05) is 13.2 Å². The van der Waals surface area contributed by atoms with Crippen LogP contribution in [0, 0.1) is 0 Å². The molecule has 1 unspecified atom stereocenters. The molecule has 0 aromatic heterocycles. The lowest BCUT2D eigenvalue weighted by atomic mass is 9.96. The Labute approximate surface area is 93.3 Å². The second-order valence-electron chi connectivity index (χ2n) is 3.59. The van der Waals surface area contributed by atoms with Gasteiger partial charge in [-0.3, -0.25) is 0 Å². The molecule has 0 saturated carbocycles. The lowest BCUT2D eigenvalue weighted by molar-refractivity contribution is 0.00312. The van der Waals surface area contributed by atoms with E-state index in [1.807, 2.05) is 12.1 Å². The molecular weight excluding hydrogens is 216 g/mol. The molecule has 1 aromatic rings. The third-order valence-corrected chi connectivity index (χ3v) is 2.90. The maximum atomic E-state index is 9.23. The maximum Gasteiger partial charge on any atom is 0.153 e. The van der Waals surface area contributed by atoms with Crippen LogP contribution in [0.5, 0.6) is 0 Å². The highest BCUT2D eigenvalue weighted by Crippen LogP contribution is 2.29. The quantitative estimate of drug-likeness (QED) is 0.755. The standard InChI is InChI=1S/C11H13ClO3/c12-11(14)8-1-2-9-7(5-8)3-4-15-10(9)6-13/h1-2,5,10-11,13-14H,3-4,6H2/t10?,11-/m1/s1. The Morgan fingerprint density at radius 1 is 1.53 bits per heavy atom. The number of aliphatic hydroxyl groups is 2. The van der Waals surface area contributed by atoms with E-state index in [1.165, 1.54) is 0 Å². The minimum Gasteiger partial charge on any atom is -0.393 e. The fourth-order valence-electron chi connectivity index (χ4n) is 1.86. The van der Waals surface area contributed by atoms with Crippen LogP contribution in [0.4, 0.5) is 0 Å². The van der Waals surface area contributed by atoms with E-state index in [1.54, 1.807) is 6.07 Å². The van der Waals surface area contributed by atoms with E-state index in [9.17, 15) is 5.11 Å². The van der Waals surface area contributed by atoms with E-state index in [0.717, 1.165) is 17.5 Å². The van der Waals surface area contributed by atoms with Crippen LogP contribution in [0.3, 0.4) is 0 Å². The second kappa shape index (κ2) is 4.49. The molecule has 1 aliphatic rings. The Morgan fingerprint density at radius 3 is 3.00 bits per heavy atom. The van der Waals surface area contributed by atoms with Gasteiger partial charge in [0.1, 0.15) is 6.10 Å². The van der Waals surface area contributed by atoms with Crippen molar-refractivity contribution in [2.45, 2.75) is 18.1 Å². The van der Waals surface area contributed by atoms with E-state index < -0.39 is 5.56 Å². The zero-order valence-corrected chi connectivity index (χ0v) is 8.94. The van der Waals surface area contributed by atoms with Gasteiger partial charge in [-0.2, -0.15) is 0 Å². The highest BCUT2D eigenvalue weighted by atomic mass is 35.5. The maximum absolute atomic E-state index is 9.23. The molecule has 0 amide bonds. The summed E-state index contributed by atoms with van der Waals surface area (Å²) in [5, 5.41) is 18.3. The Kier molecular flexibility index (Phi) is 3.26. The molecule has 0 fully saturated rings. The number of benzene rings is 1. The Hall–Kier alpha value is -0.610. The summed E-state index contributed by atoms with van der Waals surface area (Å²) >= 11 is 5.59. The van der Waals surface area contributed by atoms with Gasteiger partial charge in [0.05, 0.1) is 13.2 Å². The van der Waals surface area contributed by atoms with Crippen LogP contribution in [0.2, 0.25) is 0 Å². The third-order valence-electron chi connectivity index (χ3n) is 2.65. The molecule has 0 spiro atoms. The minimum atomic E-state index is -0.967. The number of hydrogen-bond acceptors (Lipinski definition) is 3. The molecule has 2 atom stereocenters. The van der Waals surface area contributed by atoms with E-state index in [-0.39, 0.29) is 12.7 Å². The predicted octanol–water partition coefficient (Wildman–Crippen LogP) is 1.52. The van der Waals surface area contributed by atoms with Crippen molar-refractivity contribution >= 4 is 11.6 Å². The Bertz CT molecular complexity index is 352. The zero-order chi connectivity index (χ0) is 10.8. The summed E-state index contributed by atoms with van der Waals surface area (Å²) in [6.45, 7) is 0.579. The molecule has 15 heavy (non-hydrogen) atoms. The highest BCUT2D eigenvalue weighted by Gasteiger charge is 2.20. The van der Waals surface area contributed by atoms with Gasteiger partial charge >= 0.3 is 0 Å². The van der Waals surface area contributed by atoms with Crippen LogP contribution in [0.25, 0.3) is 0 Å². The number of ether oxygens (including phenoxy) is 1. The molecule has 2 rings (SSSR count). The summed E-state index contributed by atoms with van der Waals surface area (Å²) in [5.74, 6) is 0. The molecule has 4 heteroatoms. The van der Waals surface area contributed by atoms with Gasteiger partial charge in [0.2, 0.25) is 0 Å². The van der Waals surface area contributed by atoms with Gasteiger partial charge in [0.15, 0.2) is 5.56 Å². The number of hydrogen-bond donors (Lipinski definition) is 2. The molecule has 0 radical (unpaired) electrons. The second-order valence-corrected chi connectivity index (χ2v) is 4.00. The van der Waals surface area contributed by atoms with Gasteiger partial charge in [-0.25, -0.2) is 0 Å². The number of rotatable bonds is 2. The fourth-order valence-corrected chi connectivity index (χ4v) is 1.99. The first kappa shape index (κ1) is 10.9. The van der Waals surface area contributed by atoms with Gasteiger partial charge in [0.25, 0.3) is 0 Å². The smallest absolute Gasteiger partial charge is 0.153 e. The first-order chi connectivity index (χ1) is 7.22. The van der Waals surface area contributed by atoms with Crippen LogP contribution in [0.1, 0.15) is 28.4 Å². The Morgan fingerprint density at radius 2 is 2.33 bits per heavy atom. The average molecular weight is 229 g/mol. The van der Waals surface area contributed by atoms with E-state index in [0.29, 0.717) is 12.2 Å². The van der Waals surface area contributed by atoms with Crippen molar-refractivity contribution in [1.29, 1.82) is 0 Å². The average Bonchev–Trinajstić information content (AvgIpc) is 2.27. The van der Waals surface area contributed by atoms with Crippen molar-refractivity contribution in [2.24, 2.45) is 0 Å². The van der Waals surface area contributed by atoms with Crippen LogP contribution in [-0.4, -0.2) is 23.4 Å². The normalized spacial score (nSPS) is 22.2. The number of fused-ring (bicyclic) bond motifs is 1. The summed E-state index contributed by atoms with van der Waals surface area (Å²) in [6, 6.07) is 5.49. The lowest BCUT2D eigenvalue weighted by Gasteiger charge is -2.25. The van der Waals surface area contributed by atoms with Gasteiger partial charge in [0, 0.05) is 0 Å². The number of alkyl halides is 1. The Balaban J connectivity index is 2.36. The molecule has 1 heterocycles. The topological polar surface area (TPSA) is 49.7 Å². The molecule has 0 aliphatic carbocycles. The van der Waals surface area contributed by atoms with E-state index in [4.69, 9.17) is 21.4 Å². The summed E-state index contributed by atoms with van der Waals surface area (Å²) in [6.07, 6.45) is 0.554. The summed E-state index contributed by atoms with van der Waals surface area (Å²) in [5.41, 5.74) is 1.81. The SMILES string of the molecule is OCC1OCCc2cc([C@@H](O)Cl)ccc21. The molecule has 0 bridgehead atoms. The molecular formula is C11H13ClO3. The summed E-state index contributed by atoms with van der Waals surface area (Å²) in [7, 11) is 0. The van der Waals surface area contributed by atoms with Crippen molar-refractivity contribution in [1.82, 2.24) is 0 Å². The van der Waals surface area contributed by atoms with Crippen LogP contribution in [0.15, 0.2) is 18.2 Å². The largest absolute Gasteiger partial charge is 0.393 e. The predicted molar refractivity (Wildman–Crippen MR) is 56.7 cm³/mol. The first-order valence-electron chi connectivity index (χ1n) is 4.89. The van der Waals surface area contributed by atoms with E-state index in [2.05, 4.69) is 0 Å². The van der Waals surface area contributed by atoms with Crippen molar-refractivity contribution in [3.63, 3.8) is 0 Å². The highest BCUT2D eigenvalue weighted by molar-refractivity contribution is 6.19. The first-order valence-corrected chi connectivity index (χ1v) is 5.33. The van der Waals surface area contributed by atoms with Crippen LogP contribution < -0.4 is 0 Å². The van der Waals surface area contributed by atoms with Crippen LogP contribution >= 0.6 is 11.6 Å². The summed E-state index contributed by atoms with van der Waals surface area (Å²) in [4.78, 5) is 0. The molecule has 1 aliphatic heterocycles. The molecule has 82 valence electrons. The molecule has 1 aromatic carbocycles. The van der Waals surface area contributed by atoms with Gasteiger partial charge in [-0.1, -0.05) is 29.8 Å². The summed E-state index contributed by atoms with van der Waals surface area (Å²) < 4.78 is 5.41. The fraction of sp³-hybridized carbons (Fsp3) is 0.455. The number of aliphatic hydroxyl groups excluding tert-OH is 2. The lowest BCUT2D eigenvalue weighted by Crippen LogP contribution is -2.19. The van der Waals surface area contributed by atoms with Crippen molar-refractivity contribution in [3.8, 4) is 0 Å². The van der Waals surface area contributed by atoms with Gasteiger partial charge < -0.3 is 14.9 Å². The molecule has 2 N–H and O–H groups in total. The van der Waals surface area contributed by atoms with Gasteiger partial charge in [-0.15, -0.1) is 0 Å². The molecule has 3 nitrogen and oxygen atoms in total. The molecule has 0 saturated heterocycles. The van der Waals surface area contributed by atoms with Crippen molar-refractivity contribution in [3.05, 3.63) is 34.9 Å². The zero-order valence-electron chi connectivity index (χ0n) is 8.19. The number of halogens is 1. The van der Waals surface area contributed by atoms with Gasteiger partial charge in [-0.05, 0) is 23.1 Å². The van der Waals surface area contributed by atoms with Crippen molar-refractivity contribution < 1.29 is 14.9 Å². The van der Waals surface area contributed by atoms with E-state index >= 15 is 0 Å². The minimum absolute atomic E-state index is 0.0181. The third kappa shape index (κ3) is 2.16. The van der Waals surface area contributed by atoms with Crippen LogP contribution in [-0.2, 0) is 11.2 Å².